The van der Waals surface area contributed by atoms with E-state index in [1.807, 2.05) is 6.07 Å². The lowest BCUT2D eigenvalue weighted by molar-refractivity contribution is -0.137. The van der Waals surface area contributed by atoms with Crippen LogP contribution in [0.3, 0.4) is 0 Å². The molecule has 5 rings (SSSR count). The Morgan fingerprint density at radius 2 is 1.79 bits per heavy atom. The maximum Gasteiger partial charge on any atom is 0.418 e. The van der Waals surface area contributed by atoms with Gasteiger partial charge in [-0.05, 0) is 49.4 Å². The number of nitrogens with two attached hydrogens (primary N) is 1. The number of anilines is 2. The molecule has 7 nitrogen and oxygen atoms in total. The molecule has 0 radical (unpaired) electrons. The minimum atomic E-state index is -4.49. The third kappa shape index (κ3) is 3.97. The van der Waals surface area contributed by atoms with Crippen LogP contribution < -0.4 is 16.0 Å². The van der Waals surface area contributed by atoms with E-state index in [0.717, 1.165) is 5.56 Å². The molecule has 4 aromatic rings. The summed E-state index contributed by atoms with van der Waals surface area (Å²) >= 11 is 0. The van der Waals surface area contributed by atoms with Gasteiger partial charge >= 0.3 is 6.18 Å². The second kappa shape index (κ2) is 8.04. The van der Waals surface area contributed by atoms with Gasteiger partial charge in [-0.25, -0.2) is 15.0 Å². The first-order valence-electron chi connectivity index (χ1n) is 10.6. The van der Waals surface area contributed by atoms with Gasteiger partial charge in [-0.1, -0.05) is 0 Å². The smallest absolute Gasteiger partial charge is 0.384 e. The summed E-state index contributed by atoms with van der Waals surface area (Å²) in [6.45, 7) is 4.10. The lowest BCUT2D eigenvalue weighted by atomic mass is 10.1. The van der Waals surface area contributed by atoms with E-state index in [0.29, 0.717) is 60.4 Å². The van der Waals surface area contributed by atoms with Gasteiger partial charge in [0.05, 0.1) is 11.3 Å². The van der Waals surface area contributed by atoms with Crippen molar-refractivity contribution in [2.24, 2.45) is 0 Å². The summed E-state index contributed by atoms with van der Waals surface area (Å²) in [4.78, 5) is 15.0. The Labute approximate surface area is 188 Å². The second-order valence-electron chi connectivity index (χ2n) is 7.94. The van der Waals surface area contributed by atoms with Crippen LogP contribution in [0.1, 0.15) is 11.4 Å². The number of nitrogen functional groups attached to an aromatic ring is 1. The van der Waals surface area contributed by atoms with Gasteiger partial charge in [-0.2, -0.15) is 13.2 Å². The number of piperazine rings is 1. The van der Waals surface area contributed by atoms with E-state index < -0.39 is 11.7 Å². The van der Waals surface area contributed by atoms with Gasteiger partial charge in [-0.15, -0.1) is 0 Å². The van der Waals surface area contributed by atoms with E-state index in [1.54, 1.807) is 52.9 Å². The fourth-order valence-corrected chi connectivity index (χ4v) is 4.22. The summed E-state index contributed by atoms with van der Waals surface area (Å²) in [5.74, 6) is 0.907. The van der Waals surface area contributed by atoms with Crippen LogP contribution in [0.5, 0.6) is 0 Å². The minimum Gasteiger partial charge on any atom is -0.384 e. The predicted octanol–water partition coefficient (Wildman–Crippen LogP) is 3.80. The fourth-order valence-electron chi connectivity index (χ4n) is 4.22. The molecule has 0 saturated carbocycles. The van der Waals surface area contributed by atoms with Crippen LogP contribution in [0.4, 0.5) is 24.7 Å². The quantitative estimate of drug-likeness (QED) is 0.491. The van der Waals surface area contributed by atoms with Gasteiger partial charge in [0.1, 0.15) is 17.2 Å². The van der Waals surface area contributed by atoms with Gasteiger partial charge < -0.3 is 16.0 Å². The summed E-state index contributed by atoms with van der Waals surface area (Å²) < 4.78 is 43.8. The lowest BCUT2D eigenvalue weighted by Crippen LogP contribution is -2.44. The van der Waals surface area contributed by atoms with E-state index >= 15 is 0 Å². The number of benzene rings is 1. The number of fused-ring (bicyclic) bond motifs is 1. The molecule has 1 aromatic carbocycles. The highest BCUT2D eigenvalue weighted by molar-refractivity contribution is 5.78. The van der Waals surface area contributed by atoms with Gasteiger partial charge in [0.15, 0.2) is 5.65 Å². The van der Waals surface area contributed by atoms with Crippen LogP contribution in [0.2, 0.25) is 0 Å². The van der Waals surface area contributed by atoms with Crippen LogP contribution in [-0.4, -0.2) is 45.7 Å². The molecule has 0 aliphatic carbocycles. The van der Waals surface area contributed by atoms with Crippen LogP contribution in [0.15, 0.2) is 48.7 Å². The Morgan fingerprint density at radius 1 is 1.00 bits per heavy atom. The van der Waals surface area contributed by atoms with E-state index in [-0.39, 0.29) is 5.69 Å². The summed E-state index contributed by atoms with van der Waals surface area (Å²) in [5, 5.41) is 3.17. The standard InChI is InChI=1S/C23H22F3N7/c1-14-30-19-4-3-18(15-6-7-29-21(27)12-15)31-22(19)33(14)16-2-5-20(17(13-16)23(24,25)26)32-10-8-28-9-11-32/h2-7,12-13,28H,8-11H2,1H3,(H2,27,29). The molecule has 0 bridgehead atoms. The largest absolute Gasteiger partial charge is 0.418 e. The molecule has 1 aliphatic rings. The highest BCUT2D eigenvalue weighted by Crippen LogP contribution is 2.38. The molecule has 10 heteroatoms. The Balaban J connectivity index is 1.65. The number of pyridine rings is 2. The van der Waals surface area contributed by atoms with Gasteiger partial charge in [0, 0.05) is 49.3 Å². The average molecular weight is 453 g/mol. The van der Waals surface area contributed by atoms with Crippen LogP contribution in [-0.2, 0) is 6.18 Å². The van der Waals surface area contributed by atoms with E-state index in [4.69, 9.17) is 10.7 Å². The Kier molecular flexibility index (Phi) is 5.16. The van der Waals surface area contributed by atoms with Crippen molar-refractivity contribution in [3.8, 4) is 16.9 Å². The first-order valence-corrected chi connectivity index (χ1v) is 10.6. The Bertz CT molecular complexity index is 1320. The number of nitrogens with one attached hydrogen (secondary N) is 1. The second-order valence-corrected chi connectivity index (χ2v) is 7.94. The third-order valence-corrected chi connectivity index (χ3v) is 5.75. The first kappa shape index (κ1) is 21.2. The van der Waals surface area contributed by atoms with Gasteiger partial charge in [0.25, 0.3) is 0 Å². The van der Waals surface area contributed by atoms with Crippen molar-refractivity contribution in [2.75, 3.05) is 36.8 Å². The van der Waals surface area contributed by atoms with Gasteiger partial charge in [-0.3, -0.25) is 4.57 Å². The van der Waals surface area contributed by atoms with Crippen molar-refractivity contribution in [1.82, 2.24) is 24.8 Å². The van der Waals surface area contributed by atoms with E-state index in [9.17, 15) is 13.2 Å². The number of halogens is 3. The molecule has 4 heterocycles. The van der Waals surface area contributed by atoms with Crippen molar-refractivity contribution in [3.05, 3.63) is 60.0 Å². The number of alkyl halides is 3. The number of imidazole rings is 1. The molecule has 1 fully saturated rings. The van der Waals surface area contributed by atoms with Crippen molar-refractivity contribution >= 4 is 22.7 Å². The molecule has 1 saturated heterocycles. The SMILES string of the molecule is Cc1nc2ccc(-c3ccnc(N)c3)nc2n1-c1ccc(N2CCNCC2)c(C(F)(F)F)c1. The average Bonchev–Trinajstić information content (AvgIpc) is 3.13. The molecule has 0 amide bonds. The maximum absolute atomic E-state index is 14.1. The molecule has 33 heavy (non-hydrogen) atoms. The van der Waals surface area contributed by atoms with Crippen molar-refractivity contribution in [2.45, 2.75) is 13.1 Å². The monoisotopic (exact) mass is 453 g/mol. The zero-order valence-corrected chi connectivity index (χ0v) is 17.9. The molecule has 3 aromatic heterocycles. The summed E-state index contributed by atoms with van der Waals surface area (Å²) in [6.07, 6.45) is -2.91. The number of aryl methyl sites for hydroxylation is 1. The third-order valence-electron chi connectivity index (χ3n) is 5.75. The molecular weight excluding hydrogens is 431 g/mol. The summed E-state index contributed by atoms with van der Waals surface area (Å²) in [5.41, 5.74) is 8.15. The molecule has 0 unspecified atom stereocenters. The Hall–Kier alpha value is -3.66. The molecular formula is C23H22F3N7. The highest BCUT2D eigenvalue weighted by Gasteiger charge is 2.36. The lowest BCUT2D eigenvalue weighted by Gasteiger charge is -2.31. The number of rotatable bonds is 3. The Morgan fingerprint density at radius 3 is 2.52 bits per heavy atom. The maximum atomic E-state index is 14.1. The van der Waals surface area contributed by atoms with Crippen molar-refractivity contribution < 1.29 is 13.2 Å². The van der Waals surface area contributed by atoms with Crippen molar-refractivity contribution in [3.63, 3.8) is 0 Å². The van der Waals surface area contributed by atoms with Gasteiger partial charge in [0.2, 0.25) is 0 Å². The summed E-state index contributed by atoms with van der Waals surface area (Å²) in [6, 6.07) is 11.5. The zero-order valence-electron chi connectivity index (χ0n) is 17.9. The predicted molar refractivity (Wildman–Crippen MR) is 121 cm³/mol. The minimum absolute atomic E-state index is 0.190. The number of nitrogens with zero attached hydrogens (tertiary/aromatic N) is 5. The molecule has 1 aliphatic heterocycles. The van der Waals surface area contributed by atoms with Crippen LogP contribution in [0.25, 0.3) is 28.1 Å². The fraction of sp³-hybridized carbons (Fsp3) is 0.261. The normalized spacial score (nSPS) is 14.7. The van der Waals surface area contributed by atoms with Crippen LogP contribution in [0, 0.1) is 6.92 Å². The topological polar surface area (TPSA) is 84.9 Å². The molecule has 3 N–H and O–H groups in total. The molecule has 0 atom stereocenters. The molecule has 0 spiro atoms. The van der Waals surface area contributed by atoms with Crippen LogP contribution >= 0.6 is 0 Å². The number of aromatic nitrogens is 4. The highest BCUT2D eigenvalue weighted by atomic mass is 19.4. The number of hydrogen-bond acceptors (Lipinski definition) is 6. The van der Waals surface area contributed by atoms with E-state index in [1.165, 1.54) is 6.07 Å². The van der Waals surface area contributed by atoms with Crippen molar-refractivity contribution in [1.29, 1.82) is 0 Å². The molecule has 170 valence electrons. The number of hydrogen-bond donors (Lipinski definition) is 2. The van der Waals surface area contributed by atoms with E-state index in [2.05, 4.69) is 15.3 Å². The first-order chi connectivity index (χ1) is 15.8. The summed E-state index contributed by atoms with van der Waals surface area (Å²) in [7, 11) is 0. The zero-order chi connectivity index (χ0) is 23.2.